The summed E-state index contributed by atoms with van der Waals surface area (Å²) < 4.78 is 5.66. The molecule has 7 nitrogen and oxygen atoms in total. The molecule has 2 fully saturated rings. The molecule has 3 aliphatic rings. The first-order valence-electron chi connectivity index (χ1n) is 12.0. The number of hydrogen-bond donors (Lipinski definition) is 2. The molecule has 178 valence electrons. The maximum atomic E-state index is 13.0. The van der Waals surface area contributed by atoms with E-state index in [-0.39, 0.29) is 30.9 Å². The van der Waals surface area contributed by atoms with Crippen LogP contribution in [0.3, 0.4) is 0 Å². The molecule has 0 spiro atoms. The minimum absolute atomic E-state index is 0.00804. The quantitative estimate of drug-likeness (QED) is 0.672. The molecule has 0 unspecified atom stereocenters. The standard InChI is InChI=1S/C27H30N2O5/c1-17-14-18(25(31)32)10-13-29(17)24(30)15-27(11-12-27)28-26(33)34-16-23-21-8-4-2-6-19(21)20-7-3-5-9-22(20)23/h2-9,17-18,23H,10-16H2,1H3,(H,28,33)(H,31,32)/t17-,18-/m1/s1. The first-order valence-corrected chi connectivity index (χ1v) is 12.0. The molecule has 2 aromatic rings. The highest BCUT2D eigenvalue weighted by Crippen LogP contribution is 2.45. The number of nitrogens with zero attached hydrogens (tertiary/aromatic N) is 1. The van der Waals surface area contributed by atoms with Crippen LogP contribution in [0.4, 0.5) is 4.79 Å². The summed E-state index contributed by atoms with van der Waals surface area (Å²) in [7, 11) is 0. The van der Waals surface area contributed by atoms with E-state index in [0.717, 1.165) is 24.0 Å². The predicted molar refractivity (Wildman–Crippen MR) is 126 cm³/mol. The molecule has 34 heavy (non-hydrogen) atoms. The van der Waals surface area contributed by atoms with Gasteiger partial charge in [0, 0.05) is 18.5 Å². The Morgan fingerprint density at radius 1 is 1.06 bits per heavy atom. The maximum Gasteiger partial charge on any atom is 0.407 e. The van der Waals surface area contributed by atoms with Crippen molar-refractivity contribution in [3.8, 4) is 11.1 Å². The van der Waals surface area contributed by atoms with Gasteiger partial charge in [0.2, 0.25) is 5.91 Å². The predicted octanol–water partition coefficient (Wildman–Crippen LogP) is 4.16. The second-order valence-electron chi connectivity index (χ2n) is 9.90. The highest BCUT2D eigenvalue weighted by Gasteiger charge is 2.48. The van der Waals surface area contributed by atoms with Crippen molar-refractivity contribution in [3.05, 3.63) is 59.7 Å². The van der Waals surface area contributed by atoms with E-state index in [1.807, 2.05) is 31.2 Å². The summed E-state index contributed by atoms with van der Waals surface area (Å²) in [6.45, 7) is 2.58. The van der Waals surface area contributed by atoms with Crippen LogP contribution in [0.1, 0.15) is 56.1 Å². The van der Waals surface area contributed by atoms with Crippen LogP contribution in [0.5, 0.6) is 0 Å². The van der Waals surface area contributed by atoms with E-state index in [1.54, 1.807) is 4.90 Å². The second-order valence-corrected chi connectivity index (χ2v) is 9.90. The fraction of sp³-hybridized carbons (Fsp3) is 0.444. The lowest BCUT2D eigenvalue weighted by Crippen LogP contribution is -2.49. The van der Waals surface area contributed by atoms with Gasteiger partial charge < -0.3 is 20.1 Å². The Balaban J connectivity index is 1.17. The van der Waals surface area contributed by atoms with Crippen LogP contribution in [0.25, 0.3) is 11.1 Å². The van der Waals surface area contributed by atoms with Crippen molar-refractivity contribution in [2.24, 2.45) is 5.92 Å². The lowest BCUT2D eigenvalue weighted by molar-refractivity contribution is -0.147. The fourth-order valence-electron chi connectivity index (χ4n) is 5.51. The Bertz CT molecular complexity index is 1080. The summed E-state index contributed by atoms with van der Waals surface area (Å²) in [4.78, 5) is 38.7. The van der Waals surface area contributed by atoms with E-state index in [1.165, 1.54) is 11.1 Å². The summed E-state index contributed by atoms with van der Waals surface area (Å²) in [6.07, 6.45) is 2.14. The van der Waals surface area contributed by atoms with Crippen molar-refractivity contribution in [3.63, 3.8) is 0 Å². The van der Waals surface area contributed by atoms with Crippen molar-refractivity contribution >= 4 is 18.0 Å². The van der Waals surface area contributed by atoms with Crippen molar-refractivity contribution in [2.45, 2.75) is 56.5 Å². The number of carbonyl (C=O) groups is 3. The number of ether oxygens (including phenoxy) is 1. The Morgan fingerprint density at radius 3 is 2.24 bits per heavy atom. The number of carbonyl (C=O) groups excluding carboxylic acids is 2. The molecule has 2 aliphatic carbocycles. The summed E-state index contributed by atoms with van der Waals surface area (Å²) in [6, 6.07) is 16.3. The molecule has 1 saturated carbocycles. The highest BCUT2D eigenvalue weighted by atomic mass is 16.5. The van der Waals surface area contributed by atoms with Crippen molar-refractivity contribution < 1.29 is 24.2 Å². The van der Waals surface area contributed by atoms with Crippen molar-refractivity contribution in [2.75, 3.05) is 13.2 Å². The average Bonchev–Trinajstić information content (AvgIpc) is 3.49. The minimum atomic E-state index is -0.797. The molecule has 5 rings (SSSR count). The third-order valence-corrected chi connectivity index (χ3v) is 7.60. The number of alkyl carbamates (subject to hydrolysis) is 1. The molecule has 0 bridgehead atoms. The minimum Gasteiger partial charge on any atom is -0.481 e. The van der Waals surface area contributed by atoms with Gasteiger partial charge >= 0.3 is 12.1 Å². The number of piperidine rings is 1. The van der Waals surface area contributed by atoms with E-state index in [0.29, 0.717) is 19.4 Å². The van der Waals surface area contributed by atoms with Gasteiger partial charge in [-0.2, -0.15) is 0 Å². The molecule has 0 radical (unpaired) electrons. The summed E-state index contributed by atoms with van der Waals surface area (Å²) in [5.41, 5.74) is 4.12. The Hall–Kier alpha value is -3.35. The fourth-order valence-corrected chi connectivity index (χ4v) is 5.51. The molecule has 1 aliphatic heterocycles. The second kappa shape index (κ2) is 8.78. The molecule has 2 atom stereocenters. The molecule has 2 amide bonds. The maximum absolute atomic E-state index is 13.0. The van der Waals surface area contributed by atoms with Gasteiger partial charge in [0.1, 0.15) is 6.61 Å². The van der Waals surface area contributed by atoms with Crippen LogP contribution in [0.2, 0.25) is 0 Å². The zero-order chi connectivity index (χ0) is 23.9. The third-order valence-electron chi connectivity index (χ3n) is 7.60. The van der Waals surface area contributed by atoms with Gasteiger partial charge in [-0.25, -0.2) is 4.79 Å². The van der Waals surface area contributed by atoms with Gasteiger partial charge in [-0.1, -0.05) is 48.5 Å². The number of likely N-dealkylation sites (tertiary alicyclic amines) is 1. The topological polar surface area (TPSA) is 95.9 Å². The average molecular weight is 463 g/mol. The molecule has 7 heteroatoms. The van der Waals surface area contributed by atoms with Gasteiger partial charge in [-0.05, 0) is 54.9 Å². The van der Waals surface area contributed by atoms with E-state index in [9.17, 15) is 19.5 Å². The smallest absolute Gasteiger partial charge is 0.407 e. The van der Waals surface area contributed by atoms with Gasteiger partial charge in [0.15, 0.2) is 0 Å². The highest BCUT2D eigenvalue weighted by molar-refractivity contribution is 5.81. The number of benzene rings is 2. The molecule has 0 aromatic heterocycles. The zero-order valence-corrected chi connectivity index (χ0v) is 19.3. The Morgan fingerprint density at radius 2 is 1.68 bits per heavy atom. The Kier molecular flexibility index (Phi) is 5.80. The first-order chi connectivity index (χ1) is 16.4. The van der Waals surface area contributed by atoms with Gasteiger partial charge in [0.05, 0.1) is 17.9 Å². The third kappa shape index (κ3) is 4.27. The van der Waals surface area contributed by atoms with Crippen LogP contribution in [-0.4, -0.2) is 52.7 Å². The van der Waals surface area contributed by atoms with Crippen LogP contribution in [-0.2, 0) is 14.3 Å². The van der Waals surface area contributed by atoms with E-state index in [2.05, 4.69) is 29.6 Å². The molecule has 2 N–H and O–H groups in total. The number of rotatable bonds is 6. The lowest BCUT2D eigenvalue weighted by Gasteiger charge is -2.37. The van der Waals surface area contributed by atoms with Gasteiger partial charge in [0.25, 0.3) is 0 Å². The van der Waals surface area contributed by atoms with Crippen LogP contribution >= 0.6 is 0 Å². The molecule has 1 saturated heterocycles. The van der Waals surface area contributed by atoms with Gasteiger partial charge in [-0.3, -0.25) is 9.59 Å². The molecular weight excluding hydrogens is 432 g/mol. The van der Waals surface area contributed by atoms with E-state index in [4.69, 9.17) is 4.74 Å². The normalized spacial score (nSPS) is 22.4. The molecule has 1 heterocycles. The van der Waals surface area contributed by atoms with Gasteiger partial charge in [-0.15, -0.1) is 0 Å². The van der Waals surface area contributed by atoms with Crippen molar-refractivity contribution in [1.82, 2.24) is 10.2 Å². The number of carboxylic acid groups (broad SMARTS) is 1. The molecular formula is C27H30N2O5. The van der Waals surface area contributed by atoms with Crippen molar-refractivity contribution in [1.29, 1.82) is 0 Å². The largest absolute Gasteiger partial charge is 0.481 e. The Labute approximate surface area is 199 Å². The van der Waals surface area contributed by atoms with Crippen LogP contribution in [0.15, 0.2) is 48.5 Å². The number of aliphatic carboxylic acids is 1. The number of fused-ring (bicyclic) bond motifs is 3. The number of carboxylic acids is 1. The number of amides is 2. The zero-order valence-electron chi connectivity index (χ0n) is 19.3. The SMILES string of the molecule is C[C@@H]1C[C@H](C(=O)O)CCN1C(=O)CC1(NC(=O)OCC2c3ccccc3-c3ccccc32)CC1. The summed E-state index contributed by atoms with van der Waals surface area (Å²) >= 11 is 0. The van der Waals surface area contributed by atoms with Crippen LogP contribution in [0, 0.1) is 5.92 Å². The summed E-state index contributed by atoms with van der Waals surface area (Å²) in [5, 5.41) is 12.2. The monoisotopic (exact) mass is 462 g/mol. The van der Waals surface area contributed by atoms with Crippen LogP contribution < -0.4 is 5.32 Å². The number of hydrogen-bond acceptors (Lipinski definition) is 4. The summed E-state index contributed by atoms with van der Waals surface area (Å²) in [5.74, 6) is -1.23. The lowest BCUT2D eigenvalue weighted by atomic mass is 9.91. The van der Waals surface area contributed by atoms with E-state index >= 15 is 0 Å². The molecule has 2 aromatic carbocycles. The van der Waals surface area contributed by atoms with E-state index < -0.39 is 23.5 Å². The number of nitrogens with one attached hydrogen (secondary N) is 1. The first kappa shape index (κ1) is 22.4.